The molecular weight excluding hydrogens is 465 g/mol. The smallest absolute Gasteiger partial charge is 0.387 e. The van der Waals surface area contributed by atoms with Gasteiger partial charge >= 0.3 is 7.82 Å². The maximum atomic E-state index is 12.1. The number of aliphatic hydroxyl groups excluding tert-OH is 2. The number of ether oxygens (including phenoxy) is 1. The van der Waals surface area contributed by atoms with Crippen LogP contribution in [0, 0.1) is 11.6 Å². The zero-order valence-corrected chi connectivity index (χ0v) is 18.2. The number of aromatic nitrogens is 1. The molecule has 180 valence electrons. The highest BCUT2D eigenvalue weighted by molar-refractivity contribution is 7.48. The van der Waals surface area contributed by atoms with Crippen molar-refractivity contribution in [3.8, 4) is 0 Å². The molecule has 0 radical (unpaired) electrons. The Labute approximate surface area is 188 Å². The van der Waals surface area contributed by atoms with E-state index >= 15 is 0 Å². The van der Waals surface area contributed by atoms with Gasteiger partial charge in [-0.3, -0.25) is 18.4 Å². The second-order valence-electron chi connectivity index (χ2n) is 7.15. The van der Waals surface area contributed by atoms with Crippen molar-refractivity contribution in [1.82, 2.24) is 0 Å². The van der Waals surface area contributed by atoms with Crippen molar-refractivity contribution in [1.29, 1.82) is 0 Å². The van der Waals surface area contributed by atoms with Crippen molar-refractivity contribution >= 4 is 13.7 Å². The predicted molar refractivity (Wildman–Crippen MR) is 108 cm³/mol. The molecule has 4 N–H and O–H groups in total. The van der Waals surface area contributed by atoms with Gasteiger partial charge in [-0.25, -0.2) is 13.3 Å². The van der Waals surface area contributed by atoms with E-state index in [4.69, 9.17) is 24.0 Å². The number of carbonyl (C=O) groups excluding carboxylic acids is 1. The largest absolute Gasteiger partial charge is 0.474 e. The van der Waals surface area contributed by atoms with Crippen LogP contribution >= 0.6 is 7.82 Å². The minimum Gasteiger partial charge on any atom is -0.387 e. The van der Waals surface area contributed by atoms with Gasteiger partial charge < -0.3 is 20.7 Å². The maximum Gasteiger partial charge on any atom is 0.474 e. The van der Waals surface area contributed by atoms with Crippen LogP contribution in [0.1, 0.15) is 23.0 Å². The molecule has 13 heteroatoms. The molecule has 1 aromatic heterocycles. The Balaban J connectivity index is 0.000000323. The van der Waals surface area contributed by atoms with Crippen LogP contribution in [0.3, 0.4) is 0 Å². The summed E-state index contributed by atoms with van der Waals surface area (Å²) in [5.74, 6) is -1.71. The third kappa shape index (κ3) is 6.84. The number of hydrogen-bond donors (Lipinski definition) is 3. The summed E-state index contributed by atoms with van der Waals surface area (Å²) in [4.78, 5) is 11.3. The van der Waals surface area contributed by atoms with Crippen molar-refractivity contribution in [2.75, 3.05) is 19.8 Å². The third-order valence-electron chi connectivity index (χ3n) is 4.71. The van der Waals surface area contributed by atoms with E-state index in [0.29, 0.717) is 6.42 Å². The summed E-state index contributed by atoms with van der Waals surface area (Å²) in [7, 11) is -3.67. The van der Waals surface area contributed by atoms with E-state index in [2.05, 4.69) is 0 Å². The van der Waals surface area contributed by atoms with Gasteiger partial charge in [0.25, 0.3) is 12.1 Å². The number of rotatable bonds is 5. The Morgan fingerprint density at radius 2 is 1.82 bits per heavy atom. The zero-order valence-electron chi connectivity index (χ0n) is 17.3. The molecule has 4 atom stereocenters. The van der Waals surface area contributed by atoms with Gasteiger partial charge in [0.15, 0.2) is 18.5 Å². The fraction of sp³-hybridized carbons (Fsp3) is 0.400. The minimum atomic E-state index is -3.67. The lowest BCUT2D eigenvalue weighted by atomic mass is 10.1. The minimum absolute atomic E-state index is 0.223. The zero-order chi connectivity index (χ0) is 24.0. The number of halogens is 2. The summed E-state index contributed by atoms with van der Waals surface area (Å²) in [5.41, 5.74) is 5.45. The highest BCUT2D eigenvalue weighted by Crippen LogP contribution is 2.52. The molecule has 1 aromatic carbocycles. The monoisotopic (exact) mass is 489 g/mol. The first-order valence-corrected chi connectivity index (χ1v) is 11.4. The van der Waals surface area contributed by atoms with Crippen LogP contribution in [0.4, 0.5) is 8.78 Å². The fourth-order valence-electron chi connectivity index (χ4n) is 3.06. The molecule has 2 aromatic rings. The second-order valence-corrected chi connectivity index (χ2v) is 8.82. The third-order valence-corrected chi connectivity index (χ3v) is 6.17. The molecule has 2 fully saturated rings. The number of pyridine rings is 1. The summed E-state index contributed by atoms with van der Waals surface area (Å²) < 4.78 is 58.1. The Bertz CT molecular complexity index is 986. The summed E-state index contributed by atoms with van der Waals surface area (Å²) >= 11 is 0. The van der Waals surface area contributed by atoms with Gasteiger partial charge in [0.05, 0.1) is 19.8 Å². The van der Waals surface area contributed by atoms with Crippen LogP contribution in [0.5, 0.6) is 0 Å². The maximum absolute atomic E-state index is 12.1. The number of aliphatic hydroxyl groups is 2. The van der Waals surface area contributed by atoms with Crippen molar-refractivity contribution in [2.24, 2.45) is 5.73 Å². The lowest BCUT2D eigenvalue weighted by molar-refractivity contribution is -0.765. The van der Waals surface area contributed by atoms with Gasteiger partial charge in [0.1, 0.15) is 29.4 Å². The SMILES string of the molecule is Fc1cccc(F)c1.NC(=O)c1ccc[n+](C2O[C@H](COP3(=O)OCCCO3)C(O)C2O)c1. The summed E-state index contributed by atoms with van der Waals surface area (Å²) in [6, 6.07) is 7.63. The van der Waals surface area contributed by atoms with Crippen molar-refractivity contribution in [3.63, 3.8) is 0 Å². The fourth-order valence-corrected chi connectivity index (χ4v) is 4.32. The van der Waals surface area contributed by atoms with E-state index in [1.54, 1.807) is 12.3 Å². The van der Waals surface area contributed by atoms with E-state index in [-0.39, 0.29) is 25.4 Å². The summed E-state index contributed by atoms with van der Waals surface area (Å²) in [6.45, 7) is 0.223. The van der Waals surface area contributed by atoms with Gasteiger partial charge in [-0.2, -0.15) is 4.57 Å². The first kappa shape index (κ1) is 25.3. The van der Waals surface area contributed by atoms with Gasteiger partial charge in [0, 0.05) is 12.1 Å². The number of phosphoric ester groups is 1. The molecule has 2 saturated heterocycles. The van der Waals surface area contributed by atoms with E-state index in [9.17, 15) is 28.4 Å². The van der Waals surface area contributed by atoms with Crippen molar-refractivity contribution in [3.05, 3.63) is 66.0 Å². The molecular formula is C20H24F2N2O8P+. The lowest BCUT2D eigenvalue weighted by Crippen LogP contribution is -2.46. The molecule has 33 heavy (non-hydrogen) atoms. The first-order chi connectivity index (χ1) is 15.7. The molecule has 2 aliphatic rings. The molecule has 3 unspecified atom stereocenters. The van der Waals surface area contributed by atoms with Crippen LogP contribution in [-0.2, 0) is 22.9 Å². The first-order valence-electron chi connectivity index (χ1n) is 9.95. The molecule has 4 rings (SSSR count). The van der Waals surface area contributed by atoms with Crippen LogP contribution < -0.4 is 10.3 Å². The summed E-state index contributed by atoms with van der Waals surface area (Å²) in [5, 5.41) is 20.4. The molecule has 0 aliphatic carbocycles. The number of carbonyl (C=O) groups is 1. The van der Waals surface area contributed by atoms with Gasteiger partial charge in [0.2, 0.25) is 0 Å². The Morgan fingerprint density at radius 1 is 1.15 bits per heavy atom. The number of primary amides is 1. The number of nitrogens with two attached hydrogens (primary N) is 1. The number of amides is 1. The molecule has 3 heterocycles. The quantitative estimate of drug-likeness (QED) is 0.421. The highest BCUT2D eigenvalue weighted by atomic mass is 31.2. The van der Waals surface area contributed by atoms with E-state index in [0.717, 1.165) is 6.07 Å². The standard InChI is InChI=1S/C14H19N2O8P.C6H4F2/c15-13(19)9-3-1-4-16(7-9)14-12(18)11(17)10(24-14)8-23-25(20)21-5-2-6-22-25;7-5-2-1-3-6(8)4-5/h1,3-4,7,10-12,14,17-18H,2,5-6,8H2,(H-,15,19);1-4H/p+1/t10-,11?,12?,14?;/m1./s1. The van der Waals surface area contributed by atoms with Gasteiger partial charge in [-0.05, 0) is 24.6 Å². The molecule has 2 aliphatic heterocycles. The van der Waals surface area contributed by atoms with Gasteiger partial charge in [-0.15, -0.1) is 0 Å². The van der Waals surface area contributed by atoms with E-state index in [1.165, 1.54) is 35.0 Å². The van der Waals surface area contributed by atoms with Crippen LogP contribution in [-0.4, -0.2) is 54.3 Å². The average molecular weight is 489 g/mol. The highest BCUT2D eigenvalue weighted by Gasteiger charge is 2.49. The predicted octanol–water partition coefficient (Wildman–Crippen LogP) is 1.22. The number of benzene rings is 1. The molecule has 0 spiro atoms. The Kier molecular flexibility index (Phi) is 8.60. The molecule has 0 saturated carbocycles. The second kappa shape index (κ2) is 11.2. The van der Waals surface area contributed by atoms with E-state index < -0.39 is 49.9 Å². The number of hydrogen-bond acceptors (Lipinski definition) is 8. The van der Waals surface area contributed by atoms with Crippen LogP contribution in [0.25, 0.3) is 0 Å². The number of nitrogens with zero attached hydrogens (tertiary/aromatic N) is 1. The van der Waals surface area contributed by atoms with Crippen molar-refractivity contribution in [2.45, 2.75) is 31.0 Å². The van der Waals surface area contributed by atoms with Crippen LogP contribution in [0.2, 0.25) is 0 Å². The molecule has 1 amide bonds. The van der Waals surface area contributed by atoms with E-state index in [1.807, 2.05) is 0 Å². The molecule has 0 bridgehead atoms. The lowest BCUT2D eigenvalue weighted by Gasteiger charge is -2.23. The summed E-state index contributed by atoms with van der Waals surface area (Å²) in [6.07, 6.45) is -0.902. The van der Waals surface area contributed by atoms with Crippen molar-refractivity contribution < 1.29 is 51.2 Å². The topological polar surface area (TPSA) is 141 Å². The normalized spacial score (nSPS) is 26.3. The Hall–Kier alpha value is -2.31. The molecule has 10 nitrogen and oxygen atoms in total. The Morgan fingerprint density at radius 3 is 2.39 bits per heavy atom. The average Bonchev–Trinajstić information content (AvgIpc) is 3.07. The number of phosphoric acid groups is 1. The van der Waals surface area contributed by atoms with Crippen LogP contribution in [0.15, 0.2) is 48.8 Å². The van der Waals surface area contributed by atoms with Gasteiger partial charge in [-0.1, -0.05) is 6.07 Å².